The molecule has 1 aliphatic heterocycles. The average molecular weight is 323 g/mol. The fraction of sp³-hybridized carbons (Fsp3) is 0.222. The van der Waals surface area contributed by atoms with Crippen LogP contribution in [-0.4, -0.2) is 20.4 Å². The minimum atomic E-state index is 0.0605. The zero-order valence-electron chi connectivity index (χ0n) is 12.6. The molecule has 0 fully saturated rings. The summed E-state index contributed by atoms with van der Waals surface area (Å²) in [5.41, 5.74) is 1.17. The van der Waals surface area contributed by atoms with Crippen molar-refractivity contribution in [3.05, 3.63) is 76.5 Å². The molecule has 0 bridgehead atoms. The van der Waals surface area contributed by atoms with Crippen LogP contribution in [0.3, 0.4) is 0 Å². The molecule has 0 unspecified atom stereocenters. The Hall–Kier alpha value is -2.40. The maximum Gasteiger partial charge on any atom is 0.228 e. The Labute approximate surface area is 139 Å². The van der Waals surface area contributed by atoms with Crippen molar-refractivity contribution in [2.45, 2.75) is 25.6 Å². The van der Waals surface area contributed by atoms with Crippen LogP contribution >= 0.6 is 11.3 Å². The third-order valence-corrected chi connectivity index (χ3v) is 5.15. The highest BCUT2D eigenvalue weighted by atomic mass is 32.1. The predicted molar refractivity (Wildman–Crippen MR) is 90.0 cm³/mol. The lowest BCUT2D eigenvalue weighted by Gasteiger charge is -2.36. The van der Waals surface area contributed by atoms with Gasteiger partial charge < -0.3 is 9.47 Å². The molecule has 0 spiro atoms. The first-order chi connectivity index (χ1) is 11.3. The maximum atomic E-state index is 12.9. The lowest BCUT2D eigenvalue weighted by atomic mass is 10.0. The number of nitrogens with zero attached hydrogens (tertiary/aromatic N) is 3. The molecule has 116 valence electrons. The number of imidazole rings is 1. The lowest BCUT2D eigenvalue weighted by Crippen LogP contribution is -2.41. The molecular formula is C18H17N3OS. The van der Waals surface area contributed by atoms with Crippen molar-refractivity contribution in [1.82, 2.24) is 14.5 Å². The van der Waals surface area contributed by atoms with Gasteiger partial charge in [0.1, 0.15) is 5.82 Å². The van der Waals surface area contributed by atoms with Gasteiger partial charge in [0, 0.05) is 23.8 Å². The van der Waals surface area contributed by atoms with Gasteiger partial charge in [-0.1, -0.05) is 36.4 Å². The quantitative estimate of drug-likeness (QED) is 0.742. The van der Waals surface area contributed by atoms with E-state index in [-0.39, 0.29) is 11.9 Å². The Morgan fingerprint density at radius 1 is 1.22 bits per heavy atom. The van der Waals surface area contributed by atoms with E-state index in [1.807, 2.05) is 53.0 Å². The third kappa shape index (κ3) is 2.80. The zero-order valence-corrected chi connectivity index (χ0v) is 13.4. The van der Waals surface area contributed by atoms with E-state index in [4.69, 9.17) is 0 Å². The van der Waals surface area contributed by atoms with Crippen molar-refractivity contribution in [1.29, 1.82) is 0 Å². The Morgan fingerprint density at radius 2 is 2.09 bits per heavy atom. The van der Waals surface area contributed by atoms with Crippen LogP contribution in [0.2, 0.25) is 0 Å². The van der Waals surface area contributed by atoms with E-state index in [0.717, 1.165) is 17.2 Å². The van der Waals surface area contributed by atoms with Crippen LogP contribution in [0.1, 0.15) is 22.3 Å². The van der Waals surface area contributed by atoms with Gasteiger partial charge in [-0.15, -0.1) is 11.3 Å². The number of hydrogen-bond acceptors (Lipinski definition) is 3. The fourth-order valence-electron chi connectivity index (χ4n) is 3.09. The summed E-state index contributed by atoms with van der Waals surface area (Å²) in [6, 6.07) is 14.3. The summed E-state index contributed by atoms with van der Waals surface area (Å²) in [6.45, 7) is 1.33. The van der Waals surface area contributed by atoms with E-state index in [1.165, 1.54) is 5.56 Å². The second-order valence-corrected chi connectivity index (χ2v) is 6.73. The first-order valence-electron chi connectivity index (χ1n) is 7.68. The molecule has 1 amide bonds. The fourth-order valence-corrected chi connectivity index (χ4v) is 3.79. The SMILES string of the molecule is O=C(Cc1cccs1)N1Cc2nccn2C[C@H]1c1ccccc1. The van der Waals surface area contributed by atoms with Crippen LogP contribution < -0.4 is 0 Å². The van der Waals surface area contributed by atoms with Gasteiger partial charge in [0.25, 0.3) is 0 Å². The van der Waals surface area contributed by atoms with Crippen LogP contribution in [0.15, 0.2) is 60.2 Å². The van der Waals surface area contributed by atoms with E-state index >= 15 is 0 Å². The number of amides is 1. The van der Waals surface area contributed by atoms with Crippen molar-refractivity contribution in [2.75, 3.05) is 0 Å². The molecule has 0 aliphatic carbocycles. The third-order valence-electron chi connectivity index (χ3n) is 4.27. The molecule has 4 nitrogen and oxygen atoms in total. The van der Waals surface area contributed by atoms with Crippen molar-refractivity contribution in [2.24, 2.45) is 0 Å². The van der Waals surface area contributed by atoms with Gasteiger partial charge >= 0.3 is 0 Å². The summed E-state index contributed by atoms with van der Waals surface area (Å²) in [4.78, 5) is 20.3. The number of fused-ring (bicyclic) bond motifs is 1. The summed E-state index contributed by atoms with van der Waals surface area (Å²) in [5.74, 6) is 1.12. The lowest BCUT2D eigenvalue weighted by molar-refractivity contribution is -0.135. The Kier molecular flexibility index (Phi) is 3.71. The maximum absolute atomic E-state index is 12.9. The predicted octanol–water partition coefficient (Wildman–Crippen LogP) is 3.27. The monoisotopic (exact) mass is 323 g/mol. The minimum absolute atomic E-state index is 0.0605. The van der Waals surface area contributed by atoms with E-state index in [2.05, 4.69) is 21.7 Å². The Balaban J connectivity index is 1.65. The Morgan fingerprint density at radius 3 is 2.87 bits per heavy atom. The highest BCUT2D eigenvalue weighted by Gasteiger charge is 2.31. The molecule has 0 saturated heterocycles. The number of carbonyl (C=O) groups excluding carboxylic acids is 1. The second-order valence-electron chi connectivity index (χ2n) is 5.70. The van der Waals surface area contributed by atoms with E-state index in [9.17, 15) is 4.79 Å². The van der Waals surface area contributed by atoms with Gasteiger partial charge in [-0.2, -0.15) is 0 Å². The molecule has 1 atom stereocenters. The Bertz CT molecular complexity index is 795. The summed E-state index contributed by atoms with van der Waals surface area (Å²) >= 11 is 1.63. The molecular weight excluding hydrogens is 306 g/mol. The molecule has 0 saturated carbocycles. The first-order valence-corrected chi connectivity index (χ1v) is 8.56. The van der Waals surface area contributed by atoms with Crippen LogP contribution in [0.25, 0.3) is 0 Å². The highest BCUT2D eigenvalue weighted by molar-refractivity contribution is 7.10. The number of thiophene rings is 1. The number of benzene rings is 1. The first kappa shape index (κ1) is 14.2. The summed E-state index contributed by atoms with van der Waals surface area (Å²) < 4.78 is 2.15. The zero-order chi connectivity index (χ0) is 15.6. The van der Waals surface area contributed by atoms with Crippen molar-refractivity contribution >= 4 is 17.2 Å². The summed E-state index contributed by atoms with van der Waals surface area (Å²) in [5, 5.41) is 2.01. The number of aromatic nitrogens is 2. The summed E-state index contributed by atoms with van der Waals surface area (Å²) in [7, 11) is 0. The minimum Gasteiger partial charge on any atom is -0.331 e. The van der Waals surface area contributed by atoms with Crippen molar-refractivity contribution < 1.29 is 4.79 Å². The van der Waals surface area contributed by atoms with Crippen LogP contribution in [0.4, 0.5) is 0 Å². The van der Waals surface area contributed by atoms with E-state index in [0.29, 0.717) is 13.0 Å². The molecule has 3 aromatic rings. The molecule has 2 aromatic heterocycles. The van der Waals surface area contributed by atoms with Gasteiger partial charge in [0.2, 0.25) is 5.91 Å². The van der Waals surface area contributed by atoms with Crippen molar-refractivity contribution in [3.8, 4) is 0 Å². The molecule has 0 N–H and O–H groups in total. The molecule has 4 rings (SSSR count). The van der Waals surface area contributed by atoms with Gasteiger partial charge in [0.15, 0.2) is 0 Å². The topological polar surface area (TPSA) is 38.1 Å². The van der Waals surface area contributed by atoms with Gasteiger partial charge in [-0.3, -0.25) is 4.79 Å². The highest BCUT2D eigenvalue weighted by Crippen LogP contribution is 2.30. The molecule has 1 aromatic carbocycles. The van der Waals surface area contributed by atoms with E-state index < -0.39 is 0 Å². The average Bonchev–Trinajstić information content (AvgIpc) is 3.25. The van der Waals surface area contributed by atoms with Crippen LogP contribution in [-0.2, 0) is 24.3 Å². The van der Waals surface area contributed by atoms with Gasteiger partial charge in [-0.05, 0) is 17.0 Å². The van der Waals surface area contributed by atoms with Crippen LogP contribution in [0, 0.1) is 0 Å². The normalized spacial score (nSPS) is 17.0. The van der Waals surface area contributed by atoms with Crippen LogP contribution in [0.5, 0.6) is 0 Å². The van der Waals surface area contributed by atoms with Gasteiger partial charge in [-0.25, -0.2) is 4.98 Å². The summed E-state index contributed by atoms with van der Waals surface area (Å²) in [6.07, 6.45) is 4.26. The molecule has 5 heteroatoms. The second kappa shape index (κ2) is 6.01. The standard InChI is InChI=1S/C18H17N3OS/c22-18(11-15-7-4-10-23-15)21-13-17-19-8-9-20(17)12-16(21)14-5-2-1-3-6-14/h1-10,16H,11-13H2/t16-/m0/s1. The van der Waals surface area contributed by atoms with E-state index in [1.54, 1.807) is 11.3 Å². The molecule has 3 heterocycles. The molecule has 0 radical (unpaired) electrons. The number of carbonyl (C=O) groups is 1. The largest absolute Gasteiger partial charge is 0.331 e. The molecule has 23 heavy (non-hydrogen) atoms. The van der Waals surface area contributed by atoms with Crippen molar-refractivity contribution in [3.63, 3.8) is 0 Å². The number of rotatable bonds is 3. The molecule has 1 aliphatic rings. The van der Waals surface area contributed by atoms with Gasteiger partial charge in [0.05, 0.1) is 19.0 Å². The number of hydrogen-bond donors (Lipinski definition) is 0. The smallest absolute Gasteiger partial charge is 0.228 e.